The molecule has 0 radical (unpaired) electrons. The molecular weight excluding hydrogens is 300 g/mol. The van der Waals surface area contributed by atoms with Crippen LogP contribution in [0.5, 0.6) is 6.01 Å². The van der Waals surface area contributed by atoms with Gasteiger partial charge in [-0.2, -0.15) is 13.8 Å². The van der Waals surface area contributed by atoms with Gasteiger partial charge in [0, 0.05) is 4.47 Å². The van der Waals surface area contributed by atoms with E-state index >= 15 is 0 Å². The van der Waals surface area contributed by atoms with E-state index < -0.39 is 18.7 Å². The highest BCUT2D eigenvalue weighted by atomic mass is 79.9. The molecule has 0 unspecified atom stereocenters. The Bertz CT molecular complexity index is 585. The second kappa shape index (κ2) is 4.28. The van der Waals surface area contributed by atoms with E-state index in [1.807, 2.05) is 0 Å². The Hall–Kier alpha value is -1.70. The summed E-state index contributed by atoms with van der Waals surface area (Å²) in [4.78, 5) is 14.4. The average Bonchev–Trinajstić information content (AvgIpc) is 2.56. The van der Waals surface area contributed by atoms with Crippen LogP contribution in [0.25, 0.3) is 11.0 Å². The molecule has 0 saturated carbocycles. The van der Waals surface area contributed by atoms with Crippen LogP contribution in [-0.4, -0.2) is 15.6 Å². The van der Waals surface area contributed by atoms with Gasteiger partial charge in [-0.15, -0.1) is 0 Å². The zero-order valence-electron chi connectivity index (χ0n) is 8.23. The van der Waals surface area contributed by atoms with Gasteiger partial charge in [-0.3, -0.25) is 0 Å². The fourth-order valence-electron chi connectivity index (χ4n) is 1.43. The standard InChI is InChI=1S/C9H6BrF2N3O2/c10-4-2-1-3-5-6(4)15(7(11)12)9(14-5)17-8(13)16/h1-3,7H,(H2,13,16). The van der Waals surface area contributed by atoms with Crippen molar-refractivity contribution in [3.8, 4) is 6.01 Å². The third kappa shape index (κ3) is 2.07. The summed E-state index contributed by atoms with van der Waals surface area (Å²) in [5.41, 5.74) is 5.19. The van der Waals surface area contributed by atoms with E-state index in [0.29, 0.717) is 9.04 Å². The number of primary amides is 1. The molecule has 17 heavy (non-hydrogen) atoms. The monoisotopic (exact) mass is 305 g/mol. The molecule has 0 bridgehead atoms. The number of benzene rings is 1. The Balaban J connectivity index is 2.71. The number of carbonyl (C=O) groups is 1. The molecule has 1 aromatic heterocycles. The molecule has 0 aliphatic heterocycles. The lowest BCUT2D eigenvalue weighted by atomic mass is 10.3. The van der Waals surface area contributed by atoms with Crippen molar-refractivity contribution < 1.29 is 18.3 Å². The predicted molar refractivity (Wildman–Crippen MR) is 58.9 cm³/mol. The predicted octanol–water partition coefficient (Wildman–Crippen LogP) is 2.65. The highest BCUT2D eigenvalue weighted by Gasteiger charge is 2.21. The molecule has 1 amide bonds. The summed E-state index contributed by atoms with van der Waals surface area (Å²) in [7, 11) is 0. The largest absolute Gasteiger partial charge is 0.412 e. The van der Waals surface area contributed by atoms with Crippen molar-refractivity contribution in [2.75, 3.05) is 0 Å². The lowest BCUT2D eigenvalue weighted by Crippen LogP contribution is -2.19. The minimum absolute atomic E-state index is 0.138. The van der Waals surface area contributed by atoms with Crippen LogP contribution in [-0.2, 0) is 0 Å². The first kappa shape index (κ1) is 11.8. The van der Waals surface area contributed by atoms with Crippen LogP contribution in [0, 0.1) is 0 Å². The van der Waals surface area contributed by atoms with Crippen LogP contribution in [0.1, 0.15) is 6.55 Å². The number of fused-ring (bicyclic) bond motifs is 1. The van der Waals surface area contributed by atoms with Gasteiger partial charge in [0.05, 0.1) is 11.0 Å². The Morgan fingerprint density at radius 2 is 2.24 bits per heavy atom. The molecule has 0 aliphatic carbocycles. The van der Waals surface area contributed by atoms with Crippen molar-refractivity contribution in [3.05, 3.63) is 22.7 Å². The molecule has 5 nitrogen and oxygen atoms in total. The van der Waals surface area contributed by atoms with Gasteiger partial charge in [-0.05, 0) is 28.1 Å². The maximum Gasteiger partial charge on any atom is 0.412 e. The van der Waals surface area contributed by atoms with Crippen molar-refractivity contribution >= 4 is 33.1 Å². The zero-order chi connectivity index (χ0) is 12.6. The highest BCUT2D eigenvalue weighted by molar-refractivity contribution is 9.10. The maximum absolute atomic E-state index is 12.9. The normalized spacial score (nSPS) is 11.1. The summed E-state index contributed by atoms with van der Waals surface area (Å²) in [6, 6.07) is 4.20. The topological polar surface area (TPSA) is 70.1 Å². The van der Waals surface area contributed by atoms with Crippen molar-refractivity contribution in [2.45, 2.75) is 6.55 Å². The van der Waals surface area contributed by atoms with E-state index in [0.717, 1.165) is 0 Å². The summed E-state index contributed by atoms with van der Waals surface area (Å²) < 4.78 is 31.1. The summed E-state index contributed by atoms with van der Waals surface area (Å²) in [6.07, 6.45) is -1.20. The first-order valence-electron chi connectivity index (χ1n) is 4.42. The molecule has 0 atom stereocenters. The molecule has 1 aromatic carbocycles. The second-order valence-electron chi connectivity index (χ2n) is 3.07. The first-order chi connectivity index (χ1) is 8.00. The first-order valence-corrected chi connectivity index (χ1v) is 5.22. The number of para-hydroxylation sites is 1. The second-order valence-corrected chi connectivity index (χ2v) is 3.93. The van der Waals surface area contributed by atoms with Crippen LogP contribution in [0.2, 0.25) is 0 Å². The summed E-state index contributed by atoms with van der Waals surface area (Å²) in [6.45, 7) is -2.90. The van der Waals surface area contributed by atoms with E-state index in [1.165, 1.54) is 6.07 Å². The SMILES string of the molecule is NC(=O)Oc1nc2cccc(Br)c2n1C(F)F. The number of hydrogen-bond acceptors (Lipinski definition) is 3. The van der Waals surface area contributed by atoms with E-state index in [1.54, 1.807) is 12.1 Å². The zero-order valence-corrected chi connectivity index (χ0v) is 9.82. The van der Waals surface area contributed by atoms with Crippen LogP contribution >= 0.6 is 15.9 Å². The number of ether oxygens (including phenoxy) is 1. The number of amides is 1. The molecule has 0 fully saturated rings. The van der Waals surface area contributed by atoms with Crippen LogP contribution in [0.4, 0.5) is 13.6 Å². The van der Waals surface area contributed by atoms with E-state index in [-0.39, 0.29) is 11.0 Å². The van der Waals surface area contributed by atoms with Crippen molar-refractivity contribution in [2.24, 2.45) is 5.73 Å². The summed E-state index contributed by atoms with van der Waals surface area (Å²) in [5, 5.41) is 0. The molecule has 90 valence electrons. The number of rotatable bonds is 2. The smallest absolute Gasteiger partial charge is 0.375 e. The number of imidazole rings is 1. The molecule has 2 aromatic rings. The Kier molecular flexibility index (Phi) is 2.97. The van der Waals surface area contributed by atoms with E-state index in [2.05, 4.69) is 25.7 Å². The molecule has 2 N–H and O–H groups in total. The number of alkyl halides is 2. The number of halogens is 3. The fraction of sp³-hybridized carbons (Fsp3) is 0.111. The Morgan fingerprint density at radius 1 is 1.53 bits per heavy atom. The van der Waals surface area contributed by atoms with Crippen molar-refractivity contribution in [1.82, 2.24) is 9.55 Å². The van der Waals surface area contributed by atoms with Gasteiger partial charge < -0.3 is 10.5 Å². The van der Waals surface area contributed by atoms with Gasteiger partial charge in [0.2, 0.25) is 0 Å². The minimum Gasteiger partial charge on any atom is -0.375 e. The fourth-order valence-corrected chi connectivity index (χ4v) is 1.98. The van der Waals surface area contributed by atoms with Crippen molar-refractivity contribution in [3.63, 3.8) is 0 Å². The molecule has 2 rings (SSSR count). The third-order valence-electron chi connectivity index (χ3n) is 2.02. The lowest BCUT2D eigenvalue weighted by Gasteiger charge is -2.06. The number of nitrogens with zero attached hydrogens (tertiary/aromatic N) is 2. The maximum atomic E-state index is 12.9. The molecular formula is C9H6BrF2N3O2. The van der Waals surface area contributed by atoms with Crippen LogP contribution in [0.3, 0.4) is 0 Å². The molecule has 8 heteroatoms. The highest BCUT2D eigenvalue weighted by Crippen LogP contribution is 2.32. The molecule has 0 aliphatic rings. The van der Waals surface area contributed by atoms with Crippen LogP contribution in [0.15, 0.2) is 22.7 Å². The minimum atomic E-state index is -2.90. The van der Waals surface area contributed by atoms with Gasteiger partial charge in [-0.25, -0.2) is 9.36 Å². The van der Waals surface area contributed by atoms with Crippen LogP contribution < -0.4 is 10.5 Å². The number of aromatic nitrogens is 2. The molecule has 1 heterocycles. The van der Waals surface area contributed by atoms with Gasteiger partial charge in [0.25, 0.3) is 0 Å². The quantitative estimate of drug-likeness (QED) is 0.927. The number of carbonyl (C=O) groups excluding carboxylic acids is 1. The lowest BCUT2D eigenvalue weighted by molar-refractivity contribution is 0.0664. The van der Waals surface area contributed by atoms with Gasteiger partial charge in [-0.1, -0.05) is 6.07 Å². The van der Waals surface area contributed by atoms with E-state index in [9.17, 15) is 13.6 Å². The number of hydrogen-bond donors (Lipinski definition) is 1. The molecule has 0 spiro atoms. The van der Waals surface area contributed by atoms with E-state index in [4.69, 9.17) is 5.73 Å². The Morgan fingerprint density at radius 3 is 2.82 bits per heavy atom. The van der Waals surface area contributed by atoms with Gasteiger partial charge >= 0.3 is 18.7 Å². The van der Waals surface area contributed by atoms with Gasteiger partial charge in [0.15, 0.2) is 0 Å². The Labute approximate surface area is 102 Å². The van der Waals surface area contributed by atoms with Crippen molar-refractivity contribution in [1.29, 1.82) is 0 Å². The summed E-state index contributed by atoms with van der Waals surface area (Å²) >= 11 is 3.13. The van der Waals surface area contributed by atoms with Gasteiger partial charge in [0.1, 0.15) is 0 Å². The average molecular weight is 306 g/mol. The summed E-state index contributed by atoms with van der Waals surface area (Å²) in [5.74, 6) is 0. The number of nitrogens with two attached hydrogens (primary N) is 1. The molecule has 0 saturated heterocycles. The third-order valence-corrected chi connectivity index (χ3v) is 2.66.